The highest BCUT2D eigenvalue weighted by atomic mass is 16.5. The van der Waals surface area contributed by atoms with Crippen molar-refractivity contribution in [1.29, 1.82) is 0 Å². The van der Waals surface area contributed by atoms with E-state index in [1.165, 1.54) is 0 Å². The molecule has 0 aliphatic heterocycles. The van der Waals surface area contributed by atoms with E-state index in [9.17, 15) is 4.79 Å². The van der Waals surface area contributed by atoms with E-state index >= 15 is 0 Å². The van der Waals surface area contributed by atoms with Gasteiger partial charge in [0.25, 0.3) is 0 Å². The summed E-state index contributed by atoms with van der Waals surface area (Å²) in [5, 5.41) is 0. The van der Waals surface area contributed by atoms with E-state index in [0.29, 0.717) is 11.5 Å². The minimum absolute atomic E-state index is 0.107. The Labute approximate surface area is 90.0 Å². The van der Waals surface area contributed by atoms with Crippen LogP contribution in [0.4, 0.5) is 0 Å². The quantitative estimate of drug-likeness (QED) is 0.762. The van der Waals surface area contributed by atoms with Crippen LogP contribution < -0.4 is 9.47 Å². The Balaban J connectivity index is 3.07. The number of benzene rings is 1. The normalized spacial score (nSPS) is 12.0. The fourth-order valence-electron chi connectivity index (χ4n) is 1.36. The van der Waals surface area contributed by atoms with Crippen molar-refractivity contribution in [2.45, 2.75) is 19.8 Å². The first kappa shape index (κ1) is 11.6. The third kappa shape index (κ3) is 2.49. The molecule has 0 saturated heterocycles. The van der Waals surface area contributed by atoms with Crippen LogP contribution in [0.3, 0.4) is 0 Å². The molecule has 82 valence electrons. The van der Waals surface area contributed by atoms with E-state index in [4.69, 9.17) is 9.47 Å². The molecule has 0 fully saturated rings. The summed E-state index contributed by atoms with van der Waals surface area (Å²) >= 11 is 0. The Morgan fingerprint density at radius 3 is 2.27 bits per heavy atom. The number of carbonyl (C=O) groups excluding carboxylic acids is 1. The molecule has 1 aromatic rings. The molecule has 3 nitrogen and oxygen atoms in total. The van der Waals surface area contributed by atoms with E-state index in [1.807, 2.05) is 25.1 Å². The number of hydrogen-bond donors (Lipinski definition) is 0. The van der Waals surface area contributed by atoms with Gasteiger partial charge in [0.1, 0.15) is 5.78 Å². The van der Waals surface area contributed by atoms with Crippen molar-refractivity contribution >= 4 is 5.78 Å². The van der Waals surface area contributed by atoms with Gasteiger partial charge in [-0.15, -0.1) is 0 Å². The van der Waals surface area contributed by atoms with E-state index in [-0.39, 0.29) is 11.7 Å². The Morgan fingerprint density at radius 2 is 1.80 bits per heavy atom. The summed E-state index contributed by atoms with van der Waals surface area (Å²) in [6.07, 6.45) is 0. The summed E-state index contributed by atoms with van der Waals surface area (Å²) < 4.78 is 10.3. The molecule has 0 saturated carbocycles. The predicted molar refractivity (Wildman–Crippen MR) is 58.6 cm³/mol. The molecule has 0 aromatic heterocycles. The van der Waals surface area contributed by atoms with Gasteiger partial charge in [0.2, 0.25) is 0 Å². The van der Waals surface area contributed by atoms with Gasteiger partial charge in [-0.25, -0.2) is 0 Å². The zero-order chi connectivity index (χ0) is 11.4. The monoisotopic (exact) mass is 208 g/mol. The van der Waals surface area contributed by atoms with Crippen molar-refractivity contribution in [2.75, 3.05) is 14.2 Å². The van der Waals surface area contributed by atoms with Gasteiger partial charge >= 0.3 is 0 Å². The number of rotatable bonds is 4. The Hall–Kier alpha value is -1.51. The highest BCUT2D eigenvalue weighted by Gasteiger charge is 2.13. The molecule has 1 aromatic carbocycles. The minimum atomic E-state index is -0.107. The van der Waals surface area contributed by atoms with Crippen molar-refractivity contribution in [3.8, 4) is 11.5 Å². The van der Waals surface area contributed by atoms with Crippen LogP contribution in [-0.2, 0) is 4.79 Å². The molecule has 15 heavy (non-hydrogen) atoms. The standard InChI is InChI=1S/C12H16O3/c1-8(9(2)13)10-5-6-11(14-3)12(7-10)15-4/h5-8H,1-4H3. The smallest absolute Gasteiger partial charge is 0.161 e. The van der Waals surface area contributed by atoms with Gasteiger partial charge in [0.15, 0.2) is 11.5 Å². The Morgan fingerprint density at radius 1 is 1.20 bits per heavy atom. The molecule has 0 aliphatic carbocycles. The highest BCUT2D eigenvalue weighted by molar-refractivity contribution is 5.83. The van der Waals surface area contributed by atoms with E-state index in [0.717, 1.165) is 5.56 Å². The average molecular weight is 208 g/mol. The first-order valence-corrected chi connectivity index (χ1v) is 4.82. The summed E-state index contributed by atoms with van der Waals surface area (Å²) in [5.41, 5.74) is 0.945. The van der Waals surface area contributed by atoms with Gasteiger partial charge in [0, 0.05) is 5.92 Å². The van der Waals surface area contributed by atoms with Gasteiger partial charge in [-0.1, -0.05) is 13.0 Å². The molecule has 0 radical (unpaired) electrons. The molecule has 0 bridgehead atoms. The SMILES string of the molecule is COc1ccc(C(C)C(C)=O)cc1OC. The van der Waals surface area contributed by atoms with Gasteiger partial charge in [-0.05, 0) is 24.6 Å². The second-order valence-electron chi connectivity index (χ2n) is 3.45. The van der Waals surface area contributed by atoms with E-state index in [2.05, 4.69) is 0 Å². The summed E-state index contributed by atoms with van der Waals surface area (Å²) in [6.45, 7) is 3.46. The second-order valence-corrected chi connectivity index (χ2v) is 3.45. The van der Waals surface area contributed by atoms with Crippen molar-refractivity contribution in [3.05, 3.63) is 23.8 Å². The predicted octanol–water partition coefficient (Wildman–Crippen LogP) is 2.40. The van der Waals surface area contributed by atoms with E-state index in [1.54, 1.807) is 21.1 Å². The van der Waals surface area contributed by atoms with Crippen molar-refractivity contribution in [2.24, 2.45) is 0 Å². The molecule has 0 amide bonds. The lowest BCUT2D eigenvalue weighted by atomic mass is 9.97. The lowest BCUT2D eigenvalue weighted by Crippen LogP contribution is -2.04. The molecule has 1 atom stereocenters. The number of hydrogen-bond acceptors (Lipinski definition) is 3. The fraction of sp³-hybridized carbons (Fsp3) is 0.417. The van der Waals surface area contributed by atoms with Crippen LogP contribution in [0, 0.1) is 0 Å². The summed E-state index contributed by atoms with van der Waals surface area (Å²) in [4.78, 5) is 11.2. The number of carbonyl (C=O) groups is 1. The average Bonchev–Trinajstić information content (AvgIpc) is 2.26. The molecule has 0 heterocycles. The lowest BCUT2D eigenvalue weighted by Gasteiger charge is -2.12. The molecular weight excluding hydrogens is 192 g/mol. The molecule has 0 N–H and O–H groups in total. The maximum Gasteiger partial charge on any atom is 0.161 e. The lowest BCUT2D eigenvalue weighted by molar-refractivity contribution is -0.118. The van der Waals surface area contributed by atoms with Crippen LogP contribution in [-0.4, -0.2) is 20.0 Å². The molecular formula is C12H16O3. The zero-order valence-electron chi connectivity index (χ0n) is 9.53. The highest BCUT2D eigenvalue weighted by Crippen LogP contribution is 2.30. The first-order valence-electron chi connectivity index (χ1n) is 4.82. The minimum Gasteiger partial charge on any atom is -0.493 e. The molecule has 1 unspecified atom stereocenters. The van der Waals surface area contributed by atoms with Crippen LogP contribution in [0.5, 0.6) is 11.5 Å². The molecule has 3 heteroatoms. The Bertz CT molecular complexity index is 358. The number of ether oxygens (including phenoxy) is 2. The van der Waals surface area contributed by atoms with Crippen LogP contribution in [0.25, 0.3) is 0 Å². The van der Waals surface area contributed by atoms with Crippen LogP contribution in [0.1, 0.15) is 25.3 Å². The van der Waals surface area contributed by atoms with Gasteiger partial charge in [-0.2, -0.15) is 0 Å². The molecule has 0 spiro atoms. The zero-order valence-corrected chi connectivity index (χ0v) is 9.53. The molecule has 1 rings (SSSR count). The summed E-state index contributed by atoms with van der Waals surface area (Å²) in [6, 6.07) is 5.53. The van der Waals surface area contributed by atoms with Gasteiger partial charge in [-0.3, -0.25) is 4.79 Å². The van der Waals surface area contributed by atoms with Crippen LogP contribution in [0.15, 0.2) is 18.2 Å². The van der Waals surface area contributed by atoms with Gasteiger partial charge in [0.05, 0.1) is 14.2 Å². The summed E-state index contributed by atoms with van der Waals surface area (Å²) in [5.74, 6) is 1.37. The van der Waals surface area contributed by atoms with Crippen molar-refractivity contribution in [1.82, 2.24) is 0 Å². The largest absolute Gasteiger partial charge is 0.493 e. The first-order chi connectivity index (χ1) is 7.10. The van der Waals surface area contributed by atoms with Crippen molar-refractivity contribution < 1.29 is 14.3 Å². The molecule has 0 aliphatic rings. The maximum atomic E-state index is 11.2. The number of methoxy groups -OCH3 is 2. The number of Topliss-reactive ketones (excluding diaryl/α,β-unsaturated/α-hetero) is 1. The Kier molecular flexibility index (Phi) is 3.72. The fourth-order valence-corrected chi connectivity index (χ4v) is 1.36. The second kappa shape index (κ2) is 4.82. The number of ketones is 1. The van der Waals surface area contributed by atoms with Crippen molar-refractivity contribution in [3.63, 3.8) is 0 Å². The third-order valence-electron chi connectivity index (χ3n) is 2.52. The summed E-state index contributed by atoms with van der Waals surface area (Å²) in [7, 11) is 3.17. The van der Waals surface area contributed by atoms with Crippen LogP contribution in [0.2, 0.25) is 0 Å². The van der Waals surface area contributed by atoms with Crippen LogP contribution >= 0.6 is 0 Å². The topological polar surface area (TPSA) is 35.5 Å². The third-order valence-corrected chi connectivity index (χ3v) is 2.52. The van der Waals surface area contributed by atoms with E-state index < -0.39 is 0 Å². The van der Waals surface area contributed by atoms with Gasteiger partial charge < -0.3 is 9.47 Å². The maximum absolute atomic E-state index is 11.2.